The van der Waals surface area contributed by atoms with Gasteiger partial charge in [0.1, 0.15) is 0 Å². The fraction of sp³-hybridized carbons (Fsp3) is 0.174. The summed E-state index contributed by atoms with van der Waals surface area (Å²) in [5, 5.41) is 3.38. The normalized spacial score (nSPS) is 14.1. The number of nitrogens with one attached hydrogen (secondary N) is 1. The summed E-state index contributed by atoms with van der Waals surface area (Å²) in [4.78, 5) is 7.03. The number of hydrogen-bond donors (Lipinski definition) is 1. The molecule has 26 heavy (non-hydrogen) atoms. The third kappa shape index (κ3) is 4.12. The van der Waals surface area contributed by atoms with Crippen LogP contribution < -0.4 is 10.2 Å². The average molecular weight is 341 g/mol. The molecule has 1 N–H and O–H groups in total. The first kappa shape index (κ1) is 16.4. The molecule has 1 heterocycles. The Hall–Kier alpha value is -3.07. The van der Waals surface area contributed by atoms with Gasteiger partial charge in [-0.2, -0.15) is 0 Å². The molecular formula is C23H23N3. The molecule has 1 aliphatic rings. The lowest BCUT2D eigenvalue weighted by Gasteiger charge is -2.17. The van der Waals surface area contributed by atoms with Crippen molar-refractivity contribution in [1.29, 1.82) is 0 Å². The van der Waals surface area contributed by atoms with E-state index in [1.54, 1.807) is 0 Å². The number of benzene rings is 3. The van der Waals surface area contributed by atoms with Gasteiger partial charge in [0.05, 0.1) is 5.69 Å². The number of rotatable bonds is 5. The fourth-order valence-corrected chi connectivity index (χ4v) is 3.21. The summed E-state index contributed by atoms with van der Waals surface area (Å²) in [6, 6.07) is 27.0. The molecule has 0 bridgehead atoms. The average Bonchev–Trinajstić information content (AvgIpc) is 3.24. The number of nitrogens with zero attached hydrogens (tertiary/aromatic N) is 2. The summed E-state index contributed by atoms with van der Waals surface area (Å²) >= 11 is 0. The summed E-state index contributed by atoms with van der Waals surface area (Å²) in [5.41, 5.74) is 5.54. The molecule has 3 aromatic rings. The number of hydrogen-bond acceptors (Lipinski definition) is 3. The summed E-state index contributed by atoms with van der Waals surface area (Å²) < 4.78 is 0. The Morgan fingerprint density at radius 2 is 1.38 bits per heavy atom. The van der Waals surface area contributed by atoms with Crippen molar-refractivity contribution in [2.45, 2.75) is 12.8 Å². The smallest absolute Gasteiger partial charge is 0.0631 e. The molecule has 0 aromatic heterocycles. The van der Waals surface area contributed by atoms with E-state index in [-0.39, 0.29) is 0 Å². The molecule has 3 aromatic carbocycles. The highest BCUT2D eigenvalue weighted by Gasteiger charge is 2.11. The van der Waals surface area contributed by atoms with Gasteiger partial charge in [0.2, 0.25) is 0 Å². The van der Waals surface area contributed by atoms with Gasteiger partial charge in [-0.05, 0) is 66.9 Å². The van der Waals surface area contributed by atoms with Crippen LogP contribution in [0.15, 0.2) is 83.9 Å². The maximum absolute atomic E-state index is 4.59. The van der Waals surface area contributed by atoms with Crippen molar-refractivity contribution in [3.05, 3.63) is 84.4 Å². The molecule has 0 saturated carbocycles. The zero-order valence-corrected chi connectivity index (χ0v) is 14.8. The van der Waals surface area contributed by atoms with Gasteiger partial charge in [-0.3, -0.25) is 4.99 Å². The van der Waals surface area contributed by atoms with Gasteiger partial charge < -0.3 is 10.2 Å². The van der Waals surface area contributed by atoms with Gasteiger partial charge in [0.25, 0.3) is 0 Å². The van der Waals surface area contributed by atoms with E-state index in [1.807, 2.05) is 36.5 Å². The lowest BCUT2D eigenvalue weighted by Crippen LogP contribution is -2.17. The van der Waals surface area contributed by atoms with E-state index in [0.29, 0.717) is 0 Å². The Bertz CT molecular complexity index is 846. The van der Waals surface area contributed by atoms with Gasteiger partial charge in [-0.15, -0.1) is 0 Å². The van der Waals surface area contributed by atoms with Crippen LogP contribution in [0.25, 0.3) is 0 Å². The molecule has 3 nitrogen and oxygen atoms in total. The number of aliphatic imine (C=N–C) groups is 1. The molecule has 0 radical (unpaired) electrons. The highest BCUT2D eigenvalue weighted by Crippen LogP contribution is 2.22. The molecule has 0 unspecified atom stereocenters. The van der Waals surface area contributed by atoms with Crippen molar-refractivity contribution in [2.75, 3.05) is 23.3 Å². The van der Waals surface area contributed by atoms with E-state index in [2.05, 4.69) is 63.7 Å². The predicted octanol–water partition coefficient (Wildman–Crippen LogP) is 5.78. The lowest BCUT2D eigenvalue weighted by molar-refractivity contribution is 0.949. The molecule has 1 fully saturated rings. The first-order valence-corrected chi connectivity index (χ1v) is 9.18. The molecule has 0 aliphatic carbocycles. The summed E-state index contributed by atoms with van der Waals surface area (Å²) in [6.45, 7) is 2.35. The van der Waals surface area contributed by atoms with Crippen molar-refractivity contribution < 1.29 is 0 Å². The van der Waals surface area contributed by atoms with E-state index < -0.39 is 0 Å². The second-order valence-electron chi connectivity index (χ2n) is 6.58. The maximum Gasteiger partial charge on any atom is 0.0631 e. The van der Waals surface area contributed by atoms with Crippen LogP contribution in [0, 0.1) is 0 Å². The van der Waals surface area contributed by atoms with Crippen molar-refractivity contribution in [3.8, 4) is 0 Å². The van der Waals surface area contributed by atoms with Crippen LogP contribution in [0.5, 0.6) is 0 Å². The van der Waals surface area contributed by atoms with E-state index in [1.165, 1.54) is 31.6 Å². The minimum atomic E-state index is 0.951. The van der Waals surface area contributed by atoms with Gasteiger partial charge >= 0.3 is 0 Å². The molecule has 130 valence electrons. The van der Waals surface area contributed by atoms with E-state index in [0.717, 1.165) is 22.6 Å². The Morgan fingerprint density at radius 3 is 2.08 bits per heavy atom. The van der Waals surface area contributed by atoms with Crippen LogP contribution in [0.4, 0.5) is 22.7 Å². The van der Waals surface area contributed by atoms with Gasteiger partial charge in [-0.25, -0.2) is 0 Å². The molecular weight excluding hydrogens is 318 g/mol. The second kappa shape index (κ2) is 7.87. The SMILES string of the molecule is C(=Nc1ccc(Nc2ccccc2)cc1)c1ccc(N2CCCC2)cc1. The van der Waals surface area contributed by atoms with Crippen molar-refractivity contribution in [3.63, 3.8) is 0 Å². The van der Waals surface area contributed by atoms with Crippen molar-refractivity contribution in [1.82, 2.24) is 0 Å². The summed E-state index contributed by atoms with van der Waals surface area (Å²) in [5.74, 6) is 0. The maximum atomic E-state index is 4.59. The molecule has 0 amide bonds. The van der Waals surface area contributed by atoms with E-state index in [4.69, 9.17) is 0 Å². The lowest BCUT2D eigenvalue weighted by atomic mass is 10.2. The van der Waals surface area contributed by atoms with Crippen LogP contribution >= 0.6 is 0 Å². The summed E-state index contributed by atoms with van der Waals surface area (Å²) in [7, 11) is 0. The highest BCUT2D eigenvalue weighted by molar-refractivity contribution is 5.82. The first-order valence-electron chi connectivity index (χ1n) is 9.18. The monoisotopic (exact) mass is 341 g/mol. The zero-order valence-electron chi connectivity index (χ0n) is 14.8. The molecule has 1 aliphatic heterocycles. The third-order valence-electron chi connectivity index (χ3n) is 4.66. The second-order valence-corrected chi connectivity index (χ2v) is 6.58. The number of para-hydroxylation sites is 1. The minimum absolute atomic E-state index is 0.951. The van der Waals surface area contributed by atoms with Crippen LogP contribution in [0.2, 0.25) is 0 Å². The Kier molecular flexibility index (Phi) is 4.97. The van der Waals surface area contributed by atoms with Crippen molar-refractivity contribution in [2.24, 2.45) is 4.99 Å². The molecule has 4 rings (SSSR count). The van der Waals surface area contributed by atoms with Gasteiger partial charge in [0, 0.05) is 36.4 Å². The van der Waals surface area contributed by atoms with Crippen LogP contribution in [-0.4, -0.2) is 19.3 Å². The van der Waals surface area contributed by atoms with Crippen molar-refractivity contribution >= 4 is 29.0 Å². The standard InChI is InChI=1S/C23H23N3/c1-2-6-21(7-3-1)25-22-12-10-20(11-13-22)24-18-19-8-14-23(15-9-19)26-16-4-5-17-26/h1-3,6-15,18,25H,4-5,16-17H2. The number of anilines is 3. The van der Waals surface area contributed by atoms with Crippen LogP contribution in [0.1, 0.15) is 18.4 Å². The highest BCUT2D eigenvalue weighted by atomic mass is 15.1. The molecule has 1 saturated heterocycles. The van der Waals surface area contributed by atoms with E-state index in [9.17, 15) is 0 Å². The topological polar surface area (TPSA) is 27.6 Å². The van der Waals surface area contributed by atoms with Crippen LogP contribution in [0.3, 0.4) is 0 Å². The fourth-order valence-electron chi connectivity index (χ4n) is 3.21. The predicted molar refractivity (Wildman–Crippen MR) is 111 cm³/mol. The molecule has 0 spiro atoms. The van der Waals surface area contributed by atoms with Gasteiger partial charge in [0.15, 0.2) is 0 Å². The van der Waals surface area contributed by atoms with Gasteiger partial charge in [-0.1, -0.05) is 30.3 Å². The third-order valence-corrected chi connectivity index (χ3v) is 4.66. The first-order chi connectivity index (χ1) is 12.9. The minimum Gasteiger partial charge on any atom is -0.372 e. The quantitative estimate of drug-likeness (QED) is 0.596. The Morgan fingerprint density at radius 1 is 0.731 bits per heavy atom. The van der Waals surface area contributed by atoms with Crippen LogP contribution in [-0.2, 0) is 0 Å². The largest absolute Gasteiger partial charge is 0.372 e. The molecule has 3 heteroatoms. The summed E-state index contributed by atoms with van der Waals surface area (Å²) in [6.07, 6.45) is 4.53. The zero-order chi connectivity index (χ0) is 17.6. The Labute approximate surface area is 155 Å². The van der Waals surface area contributed by atoms with E-state index >= 15 is 0 Å². The Balaban J connectivity index is 1.38. The molecule has 0 atom stereocenters.